The molecular formula is C10H12N3O3. The Bertz CT molecular complexity index is 418. The molecule has 0 saturated heterocycles. The summed E-state index contributed by atoms with van der Waals surface area (Å²) in [7, 11) is 0. The lowest BCUT2D eigenvalue weighted by Crippen LogP contribution is -2.11. The first-order valence-electron chi connectivity index (χ1n) is 4.64. The summed E-state index contributed by atoms with van der Waals surface area (Å²) in [6, 6.07) is 4.48. The van der Waals surface area contributed by atoms with Gasteiger partial charge in [-0.15, -0.1) is 0 Å². The lowest BCUT2D eigenvalue weighted by Gasteiger charge is -2.05. The summed E-state index contributed by atoms with van der Waals surface area (Å²) < 4.78 is 0. The maximum atomic E-state index is 10.7. The third-order valence-electron chi connectivity index (χ3n) is 2.08. The van der Waals surface area contributed by atoms with Gasteiger partial charge in [0, 0.05) is 18.2 Å². The predicted molar refractivity (Wildman–Crippen MR) is 59.3 cm³/mol. The summed E-state index contributed by atoms with van der Waals surface area (Å²) in [6.45, 7) is 0. The molecule has 0 atom stereocenters. The third-order valence-corrected chi connectivity index (χ3v) is 2.08. The monoisotopic (exact) mass is 222 g/mol. The minimum Gasteiger partial charge on any atom is -0.398 e. The Morgan fingerprint density at radius 2 is 2.19 bits per heavy atom. The fourth-order valence-electron chi connectivity index (χ4n) is 1.34. The number of carbonyl (C=O) groups is 1. The predicted octanol–water partition coefficient (Wildman–Crippen LogP) is 0.799. The van der Waals surface area contributed by atoms with E-state index >= 15 is 0 Å². The van der Waals surface area contributed by atoms with Gasteiger partial charge in [0.15, 0.2) is 0 Å². The van der Waals surface area contributed by atoms with E-state index in [9.17, 15) is 14.9 Å². The SMILES string of the molecule is NC(=O)C[CH]Cc1c(N)cccc1[N+](=O)[O-]. The average molecular weight is 222 g/mol. The Morgan fingerprint density at radius 3 is 2.75 bits per heavy atom. The van der Waals surface area contributed by atoms with Crippen LogP contribution < -0.4 is 11.5 Å². The van der Waals surface area contributed by atoms with Crippen LogP contribution in [0.3, 0.4) is 0 Å². The smallest absolute Gasteiger partial charge is 0.274 e. The second-order valence-corrected chi connectivity index (χ2v) is 3.27. The van der Waals surface area contributed by atoms with Gasteiger partial charge >= 0.3 is 0 Å². The van der Waals surface area contributed by atoms with Crippen LogP contribution in [0.25, 0.3) is 0 Å². The molecule has 1 amide bonds. The van der Waals surface area contributed by atoms with Gasteiger partial charge in [0.25, 0.3) is 5.69 Å². The van der Waals surface area contributed by atoms with Gasteiger partial charge in [0.1, 0.15) is 0 Å². The first-order valence-corrected chi connectivity index (χ1v) is 4.64. The number of rotatable bonds is 5. The molecule has 0 fully saturated rings. The number of hydrogen-bond donors (Lipinski definition) is 2. The van der Waals surface area contributed by atoms with Crippen molar-refractivity contribution in [1.82, 2.24) is 0 Å². The zero-order valence-corrected chi connectivity index (χ0v) is 8.55. The topological polar surface area (TPSA) is 112 Å². The number of amides is 1. The summed E-state index contributed by atoms with van der Waals surface area (Å²) in [5, 5.41) is 10.7. The lowest BCUT2D eigenvalue weighted by atomic mass is 10.0. The molecule has 0 unspecified atom stereocenters. The molecule has 0 spiro atoms. The number of nitrogens with zero attached hydrogens (tertiary/aromatic N) is 1. The zero-order chi connectivity index (χ0) is 12.1. The van der Waals surface area contributed by atoms with Crippen molar-refractivity contribution in [3.63, 3.8) is 0 Å². The molecule has 1 radical (unpaired) electrons. The number of primary amides is 1. The van der Waals surface area contributed by atoms with Crippen molar-refractivity contribution in [3.05, 3.63) is 40.3 Å². The molecular weight excluding hydrogens is 210 g/mol. The lowest BCUT2D eigenvalue weighted by molar-refractivity contribution is -0.385. The Hall–Kier alpha value is -2.11. The van der Waals surface area contributed by atoms with Crippen LogP contribution in [0.15, 0.2) is 18.2 Å². The van der Waals surface area contributed by atoms with Crippen molar-refractivity contribution in [2.45, 2.75) is 12.8 Å². The van der Waals surface area contributed by atoms with E-state index in [1.54, 1.807) is 12.5 Å². The maximum absolute atomic E-state index is 10.7. The quantitative estimate of drug-likeness (QED) is 0.435. The number of nitro benzene ring substituents is 1. The highest BCUT2D eigenvalue weighted by atomic mass is 16.6. The molecule has 4 N–H and O–H groups in total. The van der Waals surface area contributed by atoms with E-state index in [0.717, 1.165) is 0 Å². The Balaban J connectivity index is 2.84. The van der Waals surface area contributed by atoms with Crippen molar-refractivity contribution >= 4 is 17.3 Å². The van der Waals surface area contributed by atoms with Gasteiger partial charge in [-0.3, -0.25) is 14.9 Å². The zero-order valence-electron chi connectivity index (χ0n) is 8.55. The highest BCUT2D eigenvalue weighted by molar-refractivity contribution is 5.75. The fourth-order valence-corrected chi connectivity index (χ4v) is 1.34. The summed E-state index contributed by atoms with van der Waals surface area (Å²) in [6.07, 6.45) is 1.90. The van der Waals surface area contributed by atoms with Crippen LogP contribution in [0.1, 0.15) is 12.0 Å². The average Bonchev–Trinajstić information content (AvgIpc) is 2.19. The fraction of sp³-hybridized carbons (Fsp3) is 0.200. The number of hydrogen-bond acceptors (Lipinski definition) is 4. The molecule has 6 nitrogen and oxygen atoms in total. The second kappa shape index (κ2) is 5.11. The van der Waals surface area contributed by atoms with Gasteiger partial charge < -0.3 is 11.5 Å². The summed E-state index contributed by atoms with van der Waals surface area (Å²) in [4.78, 5) is 20.7. The van der Waals surface area contributed by atoms with Crippen LogP contribution in [-0.2, 0) is 11.2 Å². The molecule has 0 heterocycles. The molecule has 85 valence electrons. The Kier molecular flexibility index (Phi) is 3.82. The number of nitrogen functional groups attached to an aromatic ring is 1. The molecule has 0 aliphatic carbocycles. The largest absolute Gasteiger partial charge is 0.398 e. The molecule has 0 aromatic heterocycles. The van der Waals surface area contributed by atoms with Gasteiger partial charge in [0.05, 0.1) is 10.5 Å². The number of nitro groups is 1. The molecule has 0 bridgehead atoms. The number of anilines is 1. The van der Waals surface area contributed by atoms with Crippen molar-refractivity contribution < 1.29 is 9.72 Å². The van der Waals surface area contributed by atoms with Gasteiger partial charge in [-0.05, 0) is 18.9 Å². The highest BCUT2D eigenvalue weighted by Crippen LogP contribution is 2.25. The van der Waals surface area contributed by atoms with Gasteiger partial charge in [-0.1, -0.05) is 6.07 Å². The van der Waals surface area contributed by atoms with E-state index in [1.807, 2.05) is 0 Å². The Labute approximate surface area is 92.4 Å². The number of benzene rings is 1. The summed E-state index contributed by atoms with van der Waals surface area (Å²) in [5.74, 6) is -0.475. The minimum atomic E-state index is -0.496. The van der Waals surface area contributed by atoms with E-state index in [-0.39, 0.29) is 18.5 Å². The molecule has 0 aliphatic heterocycles. The standard InChI is InChI=1S/C10H12N3O3/c11-8-4-2-5-9(13(15)16)7(8)3-1-6-10(12)14/h1-2,4-5H,3,6,11H2,(H2,12,14). The van der Waals surface area contributed by atoms with Crippen molar-refractivity contribution in [2.75, 3.05) is 5.73 Å². The second-order valence-electron chi connectivity index (χ2n) is 3.27. The van der Waals surface area contributed by atoms with Crippen LogP contribution in [0.5, 0.6) is 0 Å². The van der Waals surface area contributed by atoms with E-state index in [1.165, 1.54) is 12.1 Å². The molecule has 1 aromatic carbocycles. The molecule has 0 aliphatic rings. The molecule has 6 heteroatoms. The molecule has 0 saturated carbocycles. The number of nitrogens with two attached hydrogens (primary N) is 2. The normalized spacial score (nSPS) is 10.0. The van der Waals surface area contributed by atoms with Crippen LogP contribution in [0.4, 0.5) is 11.4 Å². The van der Waals surface area contributed by atoms with E-state index < -0.39 is 10.8 Å². The molecule has 1 rings (SSSR count). The van der Waals surface area contributed by atoms with Gasteiger partial charge in [-0.2, -0.15) is 0 Å². The van der Waals surface area contributed by atoms with Gasteiger partial charge in [0.2, 0.25) is 5.91 Å². The number of carbonyl (C=O) groups excluding carboxylic acids is 1. The Morgan fingerprint density at radius 1 is 1.50 bits per heavy atom. The van der Waals surface area contributed by atoms with Crippen LogP contribution >= 0.6 is 0 Å². The van der Waals surface area contributed by atoms with Gasteiger partial charge in [-0.25, -0.2) is 0 Å². The van der Waals surface area contributed by atoms with Crippen LogP contribution in [-0.4, -0.2) is 10.8 Å². The maximum Gasteiger partial charge on any atom is 0.274 e. The van der Waals surface area contributed by atoms with Crippen molar-refractivity contribution in [3.8, 4) is 0 Å². The van der Waals surface area contributed by atoms with E-state index in [0.29, 0.717) is 11.3 Å². The van der Waals surface area contributed by atoms with Crippen LogP contribution in [0, 0.1) is 16.5 Å². The molecule has 1 aromatic rings. The minimum absolute atomic E-state index is 0.0410. The van der Waals surface area contributed by atoms with Crippen LogP contribution in [0.2, 0.25) is 0 Å². The highest BCUT2D eigenvalue weighted by Gasteiger charge is 2.15. The molecule has 16 heavy (non-hydrogen) atoms. The summed E-state index contributed by atoms with van der Waals surface area (Å²) in [5.41, 5.74) is 11.3. The third kappa shape index (κ3) is 2.94. The van der Waals surface area contributed by atoms with Crippen molar-refractivity contribution in [2.24, 2.45) is 5.73 Å². The van der Waals surface area contributed by atoms with E-state index in [4.69, 9.17) is 11.5 Å². The van der Waals surface area contributed by atoms with Crippen molar-refractivity contribution in [1.29, 1.82) is 0 Å². The first-order chi connectivity index (χ1) is 7.52. The summed E-state index contributed by atoms with van der Waals surface area (Å²) >= 11 is 0. The first kappa shape index (κ1) is 12.0. The van der Waals surface area contributed by atoms with E-state index in [2.05, 4.69) is 0 Å².